The summed E-state index contributed by atoms with van der Waals surface area (Å²) in [6, 6.07) is 15.3. The highest BCUT2D eigenvalue weighted by molar-refractivity contribution is 6.04. The van der Waals surface area contributed by atoms with Gasteiger partial charge in [0.1, 0.15) is 6.33 Å². The molecule has 2 aromatic carbocycles. The minimum atomic E-state index is -0.0712. The van der Waals surface area contributed by atoms with Crippen molar-refractivity contribution < 1.29 is 4.79 Å². The first-order valence-electron chi connectivity index (χ1n) is 8.06. The summed E-state index contributed by atoms with van der Waals surface area (Å²) >= 11 is 0. The molecule has 25 heavy (non-hydrogen) atoms. The molecule has 0 aliphatic carbocycles. The van der Waals surface area contributed by atoms with Gasteiger partial charge in [-0.2, -0.15) is 0 Å². The van der Waals surface area contributed by atoms with E-state index in [1.807, 2.05) is 48.5 Å². The number of rotatable bonds is 6. The van der Waals surface area contributed by atoms with Crippen LogP contribution >= 0.6 is 0 Å². The Morgan fingerprint density at radius 3 is 2.40 bits per heavy atom. The molecule has 0 atom stereocenters. The summed E-state index contributed by atoms with van der Waals surface area (Å²) in [6.07, 6.45) is 4.96. The van der Waals surface area contributed by atoms with E-state index in [-0.39, 0.29) is 5.91 Å². The van der Waals surface area contributed by atoms with E-state index in [1.165, 1.54) is 6.33 Å². The van der Waals surface area contributed by atoms with Crippen LogP contribution in [0.1, 0.15) is 10.4 Å². The minimum Gasteiger partial charge on any atom is -0.331 e. The Kier molecular flexibility index (Phi) is 5.00. The average molecular weight is 329 g/mol. The van der Waals surface area contributed by atoms with Gasteiger partial charge in [-0.05, 0) is 12.1 Å². The zero-order chi connectivity index (χ0) is 17.6. The van der Waals surface area contributed by atoms with Crippen LogP contribution in [0.4, 0.5) is 0 Å². The number of nitrogens with zero attached hydrogens (tertiary/aromatic N) is 3. The molecule has 0 saturated carbocycles. The Hall–Kier alpha value is -3.27. The number of hydrogen-bond acceptors (Lipinski definition) is 3. The molecule has 0 bridgehead atoms. The van der Waals surface area contributed by atoms with Gasteiger partial charge in [-0.15, -0.1) is 13.2 Å². The van der Waals surface area contributed by atoms with E-state index in [2.05, 4.69) is 23.1 Å². The Labute approximate surface area is 147 Å². The highest BCUT2D eigenvalue weighted by atomic mass is 16.2. The molecule has 124 valence electrons. The lowest BCUT2D eigenvalue weighted by molar-refractivity contribution is 0.0791. The predicted octanol–water partition coefficient (Wildman–Crippen LogP) is 4.11. The van der Waals surface area contributed by atoms with Gasteiger partial charge in [-0.25, -0.2) is 9.97 Å². The summed E-state index contributed by atoms with van der Waals surface area (Å²) in [5, 5.41) is 0.921. The van der Waals surface area contributed by atoms with Gasteiger partial charge in [-0.3, -0.25) is 4.79 Å². The lowest BCUT2D eigenvalue weighted by Crippen LogP contribution is -2.31. The van der Waals surface area contributed by atoms with Gasteiger partial charge >= 0.3 is 0 Å². The molecule has 0 aliphatic rings. The monoisotopic (exact) mass is 329 g/mol. The van der Waals surface area contributed by atoms with Crippen LogP contribution in [0.15, 0.2) is 80.2 Å². The van der Waals surface area contributed by atoms with Crippen molar-refractivity contribution in [1.82, 2.24) is 14.9 Å². The van der Waals surface area contributed by atoms with Crippen molar-refractivity contribution in [3.8, 4) is 11.3 Å². The summed E-state index contributed by atoms with van der Waals surface area (Å²) in [4.78, 5) is 23.5. The number of carbonyl (C=O) groups is 1. The van der Waals surface area contributed by atoms with Gasteiger partial charge in [0.05, 0.1) is 11.2 Å². The maximum Gasteiger partial charge on any atom is 0.255 e. The molecule has 0 radical (unpaired) electrons. The Morgan fingerprint density at radius 1 is 0.960 bits per heavy atom. The molecule has 0 fully saturated rings. The second-order valence-corrected chi connectivity index (χ2v) is 5.57. The van der Waals surface area contributed by atoms with Crippen molar-refractivity contribution in [3.63, 3.8) is 0 Å². The highest BCUT2D eigenvalue weighted by Gasteiger charge is 2.19. The standard InChI is InChI=1S/C21H19N3O/c1-3-13-24(14-4-2)21(25)17-10-6-5-9-16(17)20-18-11-7-8-12-19(18)22-15-23-20/h3-12,15H,1-2,13-14H2. The molecule has 0 saturated heterocycles. The zero-order valence-corrected chi connectivity index (χ0v) is 13.9. The predicted molar refractivity (Wildman–Crippen MR) is 101 cm³/mol. The van der Waals surface area contributed by atoms with Gasteiger partial charge in [0.2, 0.25) is 0 Å². The van der Waals surface area contributed by atoms with Crippen LogP contribution in [0.3, 0.4) is 0 Å². The lowest BCUT2D eigenvalue weighted by Gasteiger charge is -2.21. The number of fused-ring (bicyclic) bond motifs is 1. The first kappa shape index (κ1) is 16.6. The minimum absolute atomic E-state index is 0.0712. The zero-order valence-electron chi connectivity index (χ0n) is 13.9. The van der Waals surface area contributed by atoms with E-state index < -0.39 is 0 Å². The fraction of sp³-hybridized carbons (Fsp3) is 0.0952. The molecule has 4 heteroatoms. The Balaban J connectivity index is 2.14. The van der Waals surface area contributed by atoms with E-state index in [0.717, 1.165) is 22.2 Å². The van der Waals surface area contributed by atoms with Gasteiger partial charge in [0.25, 0.3) is 5.91 Å². The molecule has 0 N–H and O–H groups in total. The van der Waals surface area contributed by atoms with E-state index in [4.69, 9.17) is 0 Å². The third-order valence-corrected chi connectivity index (χ3v) is 3.94. The lowest BCUT2D eigenvalue weighted by atomic mass is 10.00. The average Bonchev–Trinajstić information content (AvgIpc) is 2.67. The third kappa shape index (κ3) is 3.33. The molecular weight excluding hydrogens is 310 g/mol. The Morgan fingerprint density at radius 2 is 1.64 bits per heavy atom. The largest absolute Gasteiger partial charge is 0.331 e. The first-order chi connectivity index (χ1) is 12.3. The van der Waals surface area contributed by atoms with Crippen LogP contribution in [-0.2, 0) is 0 Å². The van der Waals surface area contributed by atoms with Gasteiger partial charge in [0.15, 0.2) is 0 Å². The molecule has 1 amide bonds. The van der Waals surface area contributed by atoms with E-state index in [0.29, 0.717) is 18.7 Å². The molecule has 0 spiro atoms. The van der Waals surface area contributed by atoms with Crippen LogP contribution in [0.2, 0.25) is 0 Å². The normalized spacial score (nSPS) is 10.4. The third-order valence-electron chi connectivity index (χ3n) is 3.94. The number of para-hydroxylation sites is 1. The summed E-state index contributed by atoms with van der Waals surface area (Å²) in [6.45, 7) is 8.39. The highest BCUT2D eigenvalue weighted by Crippen LogP contribution is 2.28. The fourth-order valence-electron chi connectivity index (χ4n) is 2.82. The second kappa shape index (κ2) is 7.53. The van der Waals surface area contributed by atoms with Crippen LogP contribution in [0.5, 0.6) is 0 Å². The summed E-state index contributed by atoms with van der Waals surface area (Å²) in [7, 11) is 0. The summed E-state index contributed by atoms with van der Waals surface area (Å²) in [5.41, 5.74) is 3.01. The smallest absolute Gasteiger partial charge is 0.255 e. The van der Waals surface area contributed by atoms with Crippen LogP contribution < -0.4 is 0 Å². The maximum atomic E-state index is 13.0. The summed E-state index contributed by atoms with van der Waals surface area (Å²) < 4.78 is 0. The van der Waals surface area contributed by atoms with Gasteiger partial charge < -0.3 is 4.90 Å². The van der Waals surface area contributed by atoms with E-state index >= 15 is 0 Å². The summed E-state index contributed by atoms with van der Waals surface area (Å²) in [5.74, 6) is -0.0712. The van der Waals surface area contributed by atoms with Crippen LogP contribution in [-0.4, -0.2) is 33.9 Å². The SMILES string of the molecule is C=CCN(CC=C)C(=O)c1ccccc1-c1ncnc2ccccc12. The molecule has 1 aromatic heterocycles. The van der Waals surface area contributed by atoms with Crippen LogP contribution in [0, 0.1) is 0 Å². The molecule has 3 aromatic rings. The van der Waals surface area contributed by atoms with Crippen molar-refractivity contribution in [2.45, 2.75) is 0 Å². The maximum absolute atomic E-state index is 13.0. The van der Waals surface area contributed by atoms with Gasteiger partial charge in [-0.1, -0.05) is 48.6 Å². The molecule has 0 unspecified atom stereocenters. The number of hydrogen-bond donors (Lipinski definition) is 0. The number of aromatic nitrogens is 2. The van der Waals surface area contributed by atoms with Gasteiger partial charge in [0, 0.05) is 29.6 Å². The quantitative estimate of drug-likeness (QED) is 0.639. The van der Waals surface area contributed by atoms with E-state index in [1.54, 1.807) is 17.1 Å². The fourth-order valence-corrected chi connectivity index (χ4v) is 2.82. The van der Waals surface area contributed by atoms with E-state index in [9.17, 15) is 4.79 Å². The van der Waals surface area contributed by atoms with Crippen molar-refractivity contribution in [2.75, 3.05) is 13.1 Å². The van der Waals surface area contributed by atoms with Crippen LogP contribution in [0.25, 0.3) is 22.2 Å². The molecule has 1 heterocycles. The number of benzene rings is 2. The second-order valence-electron chi connectivity index (χ2n) is 5.57. The number of carbonyl (C=O) groups excluding carboxylic acids is 1. The van der Waals surface area contributed by atoms with Crippen molar-refractivity contribution in [2.24, 2.45) is 0 Å². The molecule has 3 rings (SSSR count). The Bertz CT molecular complexity index is 918. The molecule has 4 nitrogen and oxygen atoms in total. The molecular formula is C21H19N3O. The number of amides is 1. The first-order valence-corrected chi connectivity index (χ1v) is 8.06. The van der Waals surface area contributed by atoms with Crippen molar-refractivity contribution in [1.29, 1.82) is 0 Å². The molecule has 0 aliphatic heterocycles. The topological polar surface area (TPSA) is 46.1 Å². The van der Waals surface area contributed by atoms with Crippen molar-refractivity contribution >= 4 is 16.8 Å². The van der Waals surface area contributed by atoms with Crippen molar-refractivity contribution in [3.05, 3.63) is 85.7 Å².